The molecule has 1 heterocycles. The molecule has 0 aliphatic rings. The van der Waals surface area contributed by atoms with Gasteiger partial charge in [0.05, 0.1) is 5.69 Å². The van der Waals surface area contributed by atoms with Crippen molar-refractivity contribution in [2.45, 2.75) is 20.8 Å². The molecule has 1 rings (SSSR count). The summed E-state index contributed by atoms with van der Waals surface area (Å²) in [6.45, 7) is 9.39. The molecule has 0 saturated heterocycles. The highest BCUT2D eigenvalue weighted by Crippen LogP contribution is 2.23. The van der Waals surface area contributed by atoms with Gasteiger partial charge in [0.1, 0.15) is 0 Å². The second-order valence-corrected chi connectivity index (χ2v) is 5.51. The number of nitrogens with zero attached hydrogens (tertiary/aromatic N) is 3. The Morgan fingerprint density at radius 2 is 1.94 bits per heavy atom. The number of likely N-dealkylation sites (N-methyl/N-ethyl adjacent to an activating group) is 1. The minimum Gasteiger partial charge on any atom is -0.396 e. The number of anilines is 2. The second-order valence-electron chi connectivity index (χ2n) is 5.51. The molecule has 18 heavy (non-hydrogen) atoms. The first kappa shape index (κ1) is 14.8. The Morgan fingerprint density at radius 1 is 1.28 bits per heavy atom. The van der Waals surface area contributed by atoms with Gasteiger partial charge in [0, 0.05) is 25.8 Å². The van der Waals surface area contributed by atoms with Crippen molar-refractivity contribution in [3.63, 3.8) is 0 Å². The number of nitrogens with two attached hydrogens (primary N) is 1. The third kappa shape index (κ3) is 4.18. The summed E-state index contributed by atoms with van der Waals surface area (Å²) in [6, 6.07) is 1.96. The van der Waals surface area contributed by atoms with Gasteiger partial charge in [-0.25, -0.2) is 4.98 Å². The highest BCUT2D eigenvalue weighted by Gasteiger charge is 2.14. The number of aromatic nitrogens is 1. The summed E-state index contributed by atoms with van der Waals surface area (Å²) in [5, 5.41) is 0. The Hall–Kier alpha value is -1.29. The largest absolute Gasteiger partial charge is 0.396 e. The molecule has 1 aromatic rings. The van der Waals surface area contributed by atoms with Crippen molar-refractivity contribution in [1.29, 1.82) is 0 Å². The molecule has 0 saturated carbocycles. The normalized spacial score (nSPS) is 11.3. The molecule has 0 fully saturated rings. The van der Waals surface area contributed by atoms with Crippen LogP contribution >= 0.6 is 0 Å². The molecule has 4 nitrogen and oxygen atoms in total. The molecule has 4 heteroatoms. The highest BCUT2D eigenvalue weighted by atomic mass is 15.2. The smallest absolute Gasteiger partial charge is 0.152 e. The summed E-state index contributed by atoms with van der Waals surface area (Å²) in [5.74, 6) is 1.51. The molecule has 0 bridgehead atoms. The van der Waals surface area contributed by atoms with Crippen molar-refractivity contribution in [3.05, 3.63) is 17.8 Å². The fourth-order valence-electron chi connectivity index (χ4n) is 1.85. The van der Waals surface area contributed by atoms with E-state index in [1.807, 2.05) is 19.2 Å². The van der Waals surface area contributed by atoms with Gasteiger partial charge in [0.2, 0.25) is 0 Å². The van der Waals surface area contributed by atoms with Gasteiger partial charge >= 0.3 is 0 Å². The van der Waals surface area contributed by atoms with Gasteiger partial charge in [0.15, 0.2) is 5.82 Å². The van der Waals surface area contributed by atoms with Gasteiger partial charge < -0.3 is 15.5 Å². The van der Waals surface area contributed by atoms with Crippen LogP contribution in [-0.2, 0) is 0 Å². The van der Waals surface area contributed by atoms with E-state index in [0.717, 1.165) is 36.7 Å². The van der Waals surface area contributed by atoms with E-state index in [1.54, 1.807) is 0 Å². The number of rotatable bonds is 6. The Balaban J connectivity index is 2.90. The van der Waals surface area contributed by atoms with E-state index in [9.17, 15) is 0 Å². The Bertz CT molecular complexity index is 374. The second kappa shape index (κ2) is 6.59. The van der Waals surface area contributed by atoms with E-state index >= 15 is 0 Å². The van der Waals surface area contributed by atoms with Crippen molar-refractivity contribution in [2.24, 2.45) is 5.92 Å². The first-order valence-electron chi connectivity index (χ1n) is 6.52. The van der Waals surface area contributed by atoms with Crippen LogP contribution in [0.5, 0.6) is 0 Å². The summed E-state index contributed by atoms with van der Waals surface area (Å²) in [7, 11) is 4.17. The molecule has 2 N–H and O–H groups in total. The zero-order chi connectivity index (χ0) is 13.7. The lowest BCUT2D eigenvalue weighted by atomic mass is 10.2. The lowest BCUT2D eigenvalue weighted by Crippen LogP contribution is -2.35. The average molecular weight is 250 g/mol. The third-order valence-electron chi connectivity index (χ3n) is 2.89. The van der Waals surface area contributed by atoms with Crippen LogP contribution in [0.1, 0.15) is 19.4 Å². The minimum absolute atomic E-state index is 0.592. The fraction of sp³-hybridized carbons (Fsp3) is 0.643. The predicted octanol–water partition coefficient (Wildman–Crippen LogP) is 2.00. The number of aryl methyl sites for hydroxylation is 1. The van der Waals surface area contributed by atoms with Crippen molar-refractivity contribution in [1.82, 2.24) is 9.88 Å². The maximum Gasteiger partial charge on any atom is 0.152 e. The molecule has 0 atom stereocenters. The Morgan fingerprint density at radius 3 is 2.50 bits per heavy atom. The molecule has 0 aliphatic heterocycles. The fourth-order valence-corrected chi connectivity index (χ4v) is 1.85. The lowest BCUT2D eigenvalue weighted by Gasteiger charge is -2.28. The van der Waals surface area contributed by atoms with E-state index in [0.29, 0.717) is 5.92 Å². The molecular weight excluding hydrogens is 224 g/mol. The number of hydrogen-bond acceptors (Lipinski definition) is 4. The van der Waals surface area contributed by atoms with Crippen molar-refractivity contribution < 1.29 is 0 Å². The van der Waals surface area contributed by atoms with Crippen LogP contribution in [0.2, 0.25) is 0 Å². The summed E-state index contributed by atoms with van der Waals surface area (Å²) < 4.78 is 0. The molecule has 0 amide bonds. The van der Waals surface area contributed by atoms with Gasteiger partial charge in [0.25, 0.3) is 0 Å². The number of nitrogen functional groups attached to an aromatic ring is 1. The van der Waals surface area contributed by atoms with E-state index in [1.165, 1.54) is 0 Å². The SMILES string of the molecule is Cc1ccnc(N(CCN(C)C)CC(C)C)c1N. The van der Waals surface area contributed by atoms with Crippen LogP contribution in [0.15, 0.2) is 12.3 Å². The zero-order valence-corrected chi connectivity index (χ0v) is 12.3. The van der Waals surface area contributed by atoms with Crippen molar-refractivity contribution >= 4 is 11.5 Å². The minimum atomic E-state index is 0.592. The average Bonchev–Trinajstić information content (AvgIpc) is 2.27. The quantitative estimate of drug-likeness (QED) is 0.839. The molecular formula is C14H26N4. The maximum atomic E-state index is 6.15. The lowest BCUT2D eigenvalue weighted by molar-refractivity contribution is 0.408. The topological polar surface area (TPSA) is 45.4 Å². The highest BCUT2D eigenvalue weighted by molar-refractivity contribution is 5.66. The Kier molecular flexibility index (Phi) is 5.41. The van der Waals surface area contributed by atoms with Gasteiger partial charge in [-0.15, -0.1) is 0 Å². The van der Waals surface area contributed by atoms with Crippen LogP contribution in [-0.4, -0.2) is 43.6 Å². The molecule has 0 spiro atoms. The van der Waals surface area contributed by atoms with Crippen LogP contribution in [0.4, 0.5) is 11.5 Å². The van der Waals surface area contributed by atoms with Crippen LogP contribution < -0.4 is 10.6 Å². The summed E-state index contributed by atoms with van der Waals surface area (Å²) >= 11 is 0. The maximum absolute atomic E-state index is 6.15. The summed E-state index contributed by atoms with van der Waals surface area (Å²) in [5.41, 5.74) is 8.05. The first-order chi connectivity index (χ1) is 8.41. The summed E-state index contributed by atoms with van der Waals surface area (Å²) in [4.78, 5) is 8.92. The van der Waals surface area contributed by atoms with Gasteiger partial charge in [-0.05, 0) is 38.6 Å². The zero-order valence-electron chi connectivity index (χ0n) is 12.3. The predicted molar refractivity (Wildman–Crippen MR) is 79.0 cm³/mol. The number of pyridine rings is 1. The number of hydrogen-bond donors (Lipinski definition) is 1. The summed E-state index contributed by atoms with van der Waals surface area (Å²) in [6.07, 6.45) is 1.84. The Labute approximate surface area is 111 Å². The standard InChI is InChI=1S/C14H26N4/c1-11(2)10-18(9-8-17(4)5)14-13(15)12(3)6-7-16-14/h6-7,11H,8-10,15H2,1-5H3. The van der Waals surface area contributed by atoms with Crippen molar-refractivity contribution in [3.8, 4) is 0 Å². The van der Waals surface area contributed by atoms with E-state index in [2.05, 4.69) is 42.7 Å². The molecule has 0 unspecified atom stereocenters. The van der Waals surface area contributed by atoms with E-state index in [-0.39, 0.29) is 0 Å². The van der Waals surface area contributed by atoms with Gasteiger partial charge in [-0.2, -0.15) is 0 Å². The van der Waals surface area contributed by atoms with Crippen molar-refractivity contribution in [2.75, 3.05) is 44.4 Å². The van der Waals surface area contributed by atoms with E-state index < -0.39 is 0 Å². The van der Waals surface area contributed by atoms with E-state index in [4.69, 9.17) is 5.73 Å². The molecule has 1 aromatic heterocycles. The third-order valence-corrected chi connectivity index (χ3v) is 2.89. The molecule has 102 valence electrons. The molecule has 0 aliphatic carbocycles. The molecule has 0 aromatic carbocycles. The van der Waals surface area contributed by atoms with Gasteiger partial charge in [-0.3, -0.25) is 0 Å². The first-order valence-corrected chi connectivity index (χ1v) is 6.52. The van der Waals surface area contributed by atoms with Crippen LogP contribution in [0.25, 0.3) is 0 Å². The van der Waals surface area contributed by atoms with Crippen LogP contribution in [0, 0.1) is 12.8 Å². The molecule has 0 radical (unpaired) electrons. The van der Waals surface area contributed by atoms with Crippen LogP contribution in [0.3, 0.4) is 0 Å². The van der Waals surface area contributed by atoms with Gasteiger partial charge in [-0.1, -0.05) is 13.8 Å². The monoisotopic (exact) mass is 250 g/mol.